The molecular formula is C22H27N8O2+. The first kappa shape index (κ1) is 20.2. The lowest BCUT2D eigenvalue weighted by atomic mass is 10.0. The molecule has 1 saturated heterocycles. The predicted octanol–water partition coefficient (Wildman–Crippen LogP) is 1.91. The fraction of sp³-hybridized carbons (Fsp3) is 0.409. The topological polar surface area (TPSA) is 122 Å². The van der Waals surface area contributed by atoms with Crippen LogP contribution < -0.4 is 21.3 Å². The quantitative estimate of drug-likeness (QED) is 0.519. The van der Waals surface area contributed by atoms with E-state index in [1.54, 1.807) is 0 Å². The Labute approximate surface area is 184 Å². The van der Waals surface area contributed by atoms with Gasteiger partial charge in [0, 0.05) is 11.4 Å². The molecule has 0 bridgehead atoms. The lowest BCUT2D eigenvalue weighted by Gasteiger charge is -2.26. The second-order valence-corrected chi connectivity index (χ2v) is 8.37. The van der Waals surface area contributed by atoms with Crippen LogP contribution in [0.25, 0.3) is 16.8 Å². The van der Waals surface area contributed by atoms with Crippen molar-refractivity contribution < 1.29 is 9.40 Å². The number of rotatable bonds is 4. The maximum absolute atomic E-state index is 13.3. The summed E-state index contributed by atoms with van der Waals surface area (Å²) in [7, 11) is 0. The summed E-state index contributed by atoms with van der Waals surface area (Å²) >= 11 is 0. The zero-order valence-electron chi connectivity index (χ0n) is 18.6. The van der Waals surface area contributed by atoms with Gasteiger partial charge in [0.2, 0.25) is 11.5 Å². The molecule has 3 N–H and O–H groups in total. The summed E-state index contributed by atoms with van der Waals surface area (Å²) in [6.07, 6.45) is 4.80. The number of oxazole rings is 1. The number of aromatic amines is 1. The van der Waals surface area contributed by atoms with Crippen molar-refractivity contribution in [3.05, 3.63) is 51.9 Å². The molecule has 0 radical (unpaired) electrons. The third-order valence-electron chi connectivity index (χ3n) is 5.97. The summed E-state index contributed by atoms with van der Waals surface area (Å²) in [4.78, 5) is 27.6. The summed E-state index contributed by atoms with van der Waals surface area (Å²) in [5.74, 6) is 1.79. The largest absolute Gasteiger partial charge is 0.448 e. The van der Waals surface area contributed by atoms with Crippen LogP contribution in [0.2, 0.25) is 0 Å². The van der Waals surface area contributed by atoms with Crippen molar-refractivity contribution in [1.82, 2.24) is 24.1 Å². The molecule has 166 valence electrons. The van der Waals surface area contributed by atoms with Gasteiger partial charge in [-0.1, -0.05) is 0 Å². The number of anilines is 2. The molecule has 4 aromatic rings. The maximum Gasteiger partial charge on any atom is 0.397 e. The molecule has 0 amide bonds. The molecule has 1 fully saturated rings. The van der Waals surface area contributed by atoms with Crippen LogP contribution in [0.15, 0.2) is 27.7 Å². The standard InChI is InChI=1S/C22H26N8O2/c1-13-9-16(10-14(2)25-13)18-19(28-7-5-4-6-8-28)26-21(23)30-20(18)27-29(22(30)31)11-17-15(3)32-12-24-17/h9-10,12H,4-8,11H2,1-3H3,(H2,23,26)/p+1. The molecule has 5 rings (SSSR count). The summed E-state index contributed by atoms with van der Waals surface area (Å²) in [6, 6.07) is 4.04. The van der Waals surface area contributed by atoms with E-state index in [0.29, 0.717) is 17.1 Å². The Kier molecular flexibility index (Phi) is 4.91. The fourth-order valence-electron chi connectivity index (χ4n) is 4.46. The highest BCUT2D eigenvalue weighted by atomic mass is 16.3. The van der Waals surface area contributed by atoms with E-state index >= 15 is 0 Å². The Morgan fingerprint density at radius 3 is 2.50 bits per heavy atom. The van der Waals surface area contributed by atoms with E-state index < -0.39 is 0 Å². The molecule has 1 aliphatic heterocycles. The number of aromatic nitrogens is 6. The molecule has 0 atom stereocenters. The van der Waals surface area contributed by atoms with Gasteiger partial charge in [-0.25, -0.2) is 14.8 Å². The molecule has 0 aromatic carbocycles. The number of pyridine rings is 1. The first-order valence-electron chi connectivity index (χ1n) is 10.9. The van der Waals surface area contributed by atoms with Crippen molar-refractivity contribution >= 4 is 17.4 Å². The molecule has 10 nitrogen and oxygen atoms in total. The van der Waals surface area contributed by atoms with Crippen molar-refractivity contribution in [1.29, 1.82) is 0 Å². The van der Waals surface area contributed by atoms with Gasteiger partial charge in [-0.15, -0.1) is 9.50 Å². The molecule has 1 aliphatic rings. The Hall–Kier alpha value is -3.69. The summed E-state index contributed by atoms with van der Waals surface area (Å²) < 4.78 is 8.10. The fourth-order valence-corrected chi connectivity index (χ4v) is 4.46. The van der Waals surface area contributed by atoms with Crippen LogP contribution in [0.5, 0.6) is 0 Å². The van der Waals surface area contributed by atoms with Crippen molar-refractivity contribution in [2.75, 3.05) is 23.7 Å². The Morgan fingerprint density at radius 1 is 1.12 bits per heavy atom. The van der Waals surface area contributed by atoms with Crippen LogP contribution in [0, 0.1) is 20.8 Å². The zero-order chi connectivity index (χ0) is 22.4. The van der Waals surface area contributed by atoms with E-state index in [-0.39, 0.29) is 18.2 Å². The van der Waals surface area contributed by atoms with Crippen molar-refractivity contribution in [2.45, 2.75) is 46.6 Å². The molecule has 5 heterocycles. The first-order chi connectivity index (χ1) is 15.4. The summed E-state index contributed by atoms with van der Waals surface area (Å²) in [5, 5.41) is 4.72. The van der Waals surface area contributed by atoms with Gasteiger partial charge in [-0.05, 0) is 57.7 Å². The van der Waals surface area contributed by atoms with Gasteiger partial charge in [-0.3, -0.25) is 4.98 Å². The van der Waals surface area contributed by atoms with Crippen LogP contribution in [0.4, 0.5) is 11.8 Å². The number of hydrogen-bond donors (Lipinski definition) is 1. The van der Waals surface area contributed by atoms with E-state index in [1.807, 2.05) is 32.9 Å². The van der Waals surface area contributed by atoms with Crippen LogP contribution >= 0.6 is 0 Å². The minimum atomic E-state index is -0.329. The Morgan fingerprint density at radius 2 is 1.84 bits per heavy atom. The van der Waals surface area contributed by atoms with E-state index in [9.17, 15) is 4.79 Å². The lowest BCUT2D eigenvalue weighted by Crippen LogP contribution is -2.37. The van der Waals surface area contributed by atoms with Crippen LogP contribution in [-0.2, 0) is 6.54 Å². The number of nitrogens with two attached hydrogens (primary N) is 1. The minimum absolute atomic E-state index is 0.204. The molecule has 0 aliphatic carbocycles. The summed E-state index contributed by atoms with van der Waals surface area (Å²) in [6.45, 7) is 7.79. The van der Waals surface area contributed by atoms with Crippen molar-refractivity contribution in [3.8, 4) is 11.1 Å². The average Bonchev–Trinajstić information content (AvgIpc) is 3.31. The number of nitrogen functional groups attached to an aromatic ring is 1. The van der Waals surface area contributed by atoms with Crippen molar-refractivity contribution in [3.63, 3.8) is 0 Å². The number of aryl methyl sites for hydroxylation is 3. The molecule has 0 unspecified atom stereocenters. The third kappa shape index (κ3) is 3.41. The van der Waals surface area contributed by atoms with Gasteiger partial charge in [0.15, 0.2) is 6.39 Å². The minimum Gasteiger partial charge on any atom is -0.448 e. The van der Waals surface area contributed by atoms with Crippen LogP contribution in [0.3, 0.4) is 0 Å². The Bertz CT molecular complexity index is 1340. The normalized spacial score (nSPS) is 14.4. The van der Waals surface area contributed by atoms with Crippen molar-refractivity contribution in [2.24, 2.45) is 0 Å². The molecule has 4 aromatic heterocycles. The number of H-pyrrole nitrogens is 1. The number of hydrogen-bond acceptors (Lipinski definition) is 7. The smallest absolute Gasteiger partial charge is 0.397 e. The molecule has 0 saturated carbocycles. The highest BCUT2D eigenvalue weighted by Gasteiger charge is 2.29. The zero-order valence-corrected chi connectivity index (χ0v) is 18.6. The predicted molar refractivity (Wildman–Crippen MR) is 120 cm³/mol. The lowest BCUT2D eigenvalue weighted by molar-refractivity contribution is -0.350. The van der Waals surface area contributed by atoms with Gasteiger partial charge in [0.05, 0.1) is 19.6 Å². The monoisotopic (exact) mass is 435 g/mol. The molecule has 32 heavy (non-hydrogen) atoms. The second kappa shape index (κ2) is 7.77. The highest BCUT2D eigenvalue weighted by Crippen LogP contribution is 2.33. The molecule has 10 heteroatoms. The van der Waals surface area contributed by atoms with Gasteiger partial charge < -0.3 is 15.1 Å². The summed E-state index contributed by atoms with van der Waals surface area (Å²) in [5.41, 5.74) is 10.8. The van der Waals surface area contributed by atoms with E-state index in [4.69, 9.17) is 15.2 Å². The van der Waals surface area contributed by atoms with Gasteiger partial charge >= 0.3 is 11.6 Å². The van der Waals surface area contributed by atoms with Gasteiger partial charge in [-0.2, -0.15) is 4.68 Å². The highest BCUT2D eigenvalue weighted by molar-refractivity contribution is 5.86. The third-order valence-corrected chi connectivity index (χ3v) is 5.97. The first-order valence-corrected chi connectivity index (χ1v) is 10.9. The molecule has 0 spiro atoms. The van der Waals surface area contributed by atoms with Gasteiger partial charge in [0.1, 0.15) is 17.0 Å². The van der Waals surface area contributed by atoms with Gasteiger partial charge in [0.25, 0.3) is 0 Å². The maximum atomic E-state index is 13.3. The van der Waals surface area contributed by atoms with E-state index in [2.05, 4.69) is 19.9 Å². The van der Waals surface area contributed by atoms with Crippen LogP contribution in [0.1, 0.15) is 42.1 Å². The SMILES string of the molecule is Cc1cc(-c2c(N3CCCCC3)[nH+]c(N)n3c(=O)n(Cc4ncoc4C)nc23)cc(C)n1. The van der Waals surface area contributed by atoms with E-state index in [1.165, 1.54) is 21.9 Å². The second-order valence-electron chi connectivity index (χ2n) is 8.37. The average molecular weight is 436 g/mol. The molecular weight excluding hydrogens is 408 g/mol. The number of fused-ring (bicyclic) bond motifs is 1. The van der Waals surface area contributed by atoms with E-state index in [0.717, 1.165) is 54.3 Å². The van der Waals surface area contributed by atoms with Crippen LogP contribution in [-0.4, -0.2) is 37.2 Å². The number of nitrogens with zero attached hydrogens (tertiary/aromatic N) is 6. The number of nitrogens with one attached hydrogen (secondary N) is 1. The number of piperidine rings is 1. The Balaban J connectivity index is 1.78.